The van der Waals surface area contributed by atoms with Gasteiger partial charge in [-0.1, -0.05) is 0 Å². The predicted molar refractivity (Wildman–Crippen MR) is 99.5 cm³/mol. The zero-order valence-corrected chi connectivity index (χ0v) is 16.4. The lowest BCUT2D eigenvalue weighted by molar-refractivity contribution is -0.125. The summed E-state index contributed by atoms with van der Waals surface area (Å²) in [4.78, 5) is 38.0. The molecule has 2 N–H and O–H groups in total. The monoisotopic (exact) mass is 396 g/mol. The molecule has 1 saturated heterocycles. The van der Waals surface area contributed by atoms with Crippen molar-refractivity contribution in [1.82, 2.24) is 14.5 Å². The van der Waals surface area contributed by atoms with Crippen LogP contribution in [-0.2, 0) is 19.6 Å². The first-order chi connectivity index (χ1) is 12.6. The van der Waals surface area contributed by atoms with Crippen LogP contribution in [0, 0.1) is 0 Å². The van der Waals surface area contributed by atoms with Gasteiger partial charge in [-0.3, -0.25) is 14.5 Å². The standard InChI is InChI=1S/C17H24N4O5S/c1-12(2)19-27(25,26)14-8-6-13(7-9-14)18-15(22)5-4-10-21-16(23)11-20(3)17(21)24/h6-9,12,19H,4-5,10-11H2,1-3H3,(H,18,22). The Kier molecular flexibility index (Phi) is 6.55. The first kappa shape index (κ1) is 20.8. The molecule has 2 rings (SSSR count). The van der Waals surface area contributed by atoms with Crippen molar-refractivity contribution in [2.24, 2.45) is 0 Å². The fourth-order valence-corrected chi connectivity index (χ4v) is 3.86. The van der Waals surface area contributed by atoms with Crippen LogP contribution in [0.1, 0.15) is 26.7 Å². The molecule has 0 radical (unpaired) electrons. The van der Waals surface area contributed by atoms with Crippen molar-refractivity contribution in [3.05, 3.63) is 24.3 Å². The van der Waals surface area contributed by atoms with Crippen molar-refractivity contribution in [2.75, 3.05) is 25.5 Å². The minimum absolute atomic E-state index is 0.0615. The molecule has 148 valence electrons. The molecule has 1 heterocycles. The van der Waals surface area contributed by atoms with E-state index in [1.807, 2.05) is 0 Å². The Labute approximate surface area is 158 Å². The third-order valence-electron chi connectivity index (χ3n) is 3.86. The van der Waals surface area contributed by atoms with Gasteiger partial charge in [-0.25, -0.2) is 17.9 Å². The summed E-state index contributed by atoms with van der Waals surface area (Å²) in [7, 11) is -2.03. The summed E-state index contributed by atoms with van der Waals surface area (Å²) < 4.78 is 26.6. The average Bonchev–Trinajstić information content (AvgIpc) is 2.80. The van der Waals surface area contributed by atoms with Gasteiger partial charge in [0.05, 0.1) is 4.90 Å². The molecular formula is C17H24N4O5S. The second-order valence-electron chi connectivity index (χ2n) is 6.64. The van der Waals surface area contributed by atoms with Crippen molar-refractivity contribution in [3.63, 3.8) is 0 Å². The lowest BCUT2D eigenvalue weighted by Gasteiger charge is -2.14. The van der Waals surface area contributed by atoms with Crippen molar-refractivity contribution >= 4 is 33.6 Å². The Bertz CT molecular complexity index is 820. The average molecular weight is 396 g/mol. The number of imide groups is 1. The highest BCUT2D eigenvalue weighted by Crippen LogP contribution is 2.15. The minimum atomic E-state index is -3.58. The topological polar surface area (TPSA) is 116 Å². The van der Waals surface area contributed by atoms with E-state index < -0.39 is 10.0 Å². The van der Waals surface area contributed by atoms with E-state index in [0.717, 1.165) is 4.90 Å². The minimum Gasteiger partial charge on any atom is -0.326 e. The smallest absolute Gasteiger partial charge is 0.326 e. The fraction of sp³-hybridized carbons (Fsp3) is 0.471. The number of amides is 4. The van der Waals surface area contributed by atoms with Gasteiger partial charge in [-0.05, 0) is 44.5 Å². The maximum Gasteiger partial charge on any atom is 0.326 e. The first-order valence-corrected chi connectivity index (χ1v) is 10.1. The van der Waals surface area contributed by atoms with Crippen molar-refractivity contribution < 1.29 is 22.8 Å². The van der Waals surface area contributed by atoms with Crippen LogP contribution in [0.5, 0.6) is 0 Å². The lowest BCUT2D eigenvalue weighted by Crippen LogP contribution is -2.32. The summed E-state index contributed by atoms with van der Waals surface area (Å²) in [6, 6.07) is 5.27. The number of urea groups is 1. The number of benzene rings is 1. The van der Waals surface area contributed by atoms with Gasteiger partial charge in [0.15, 0.2) is 0 Å². The highest BCUT2D eigenvalue weighted by molar-refractivity contribution is 7.89. The van der Waals surface area contributed by atoms with Crippen molar-refractivity contribution in [2.45, 2.75) is 37.6 Å². The number of carbonyl (C=O) groups excluding carboxylic acids is 3. The number of rotatable bonds is 8. The molecule has 1 aromatic rings. The summed E-state index contributed by atoms with van der Waals surface area (Å²) in [5.74, 6) is -0.548. The van der Waals surface area contributed by atoms with Crippen LogP contribution in [0.4, 0.5) is 10.5 Å². The zero-order chi connectivity index (χ0) is 20.2. The summed E-state index contributed by atoms with van der Waals surface area (Å²) in [5.41, 5.74) is 0.469. The Balaban J connectivity index is 1.84. The SMILES string of the molecule is CC(C)NS(=O)(=O)c1ccc(NC(=O)CCCN2C(=O)CN(C)C2=O)cc1. The van der Waals surface area contributed by atoms with Gasteiger partial charge in [0.1, 0.15) is 6.54 Å². The zero-order valence-electron chi connectivity index (χ0n) is 15.6. The van der Waals surface area contributed by atoms with Crippen LogP contribution in [0.25, 0.3) is 0 Å². The molecule has 1 aliphatic rings. The Hall–Kier alpha value is -2.46. The van der Waals surface area contributed by atoms with E-state index in [2.05, 4.69) is 10.0 Å². The van der Waals surface area contributed by atoms with Crippen LogP contribution in [0.3, 0.4) is 0 Å². The van der Waals surface area contributed by atoms with Crippen LogP contribution < -0.4 is 10.0 Å². The molecule has 0 spiro atoms. The quantitative estimate of drug-likeness (QED) is 0.636. The summed E-state index contributed by atoms with van der Waals surface area (Å²) >= 11 is 0. The molecule has 0 aromatic heterocycles. The van der Waals surface area contributed by atoms with E-state index in [4.69, 9.17) is 0 Å². The number of likely N-dealkylation sites (N-methyl/N-ethyl adjacent to an activating group) is 1. The number of anilines is 1. The normalized spacial score (nSPS) is 15.0. The second kappa shape index (κ2) is 8.49. The molecule has 1 aromatic carbocycles. The van der Waals surface area contributed by atoms with Crippen LogP contribution in [-0.4, -0.2) is 62.2 Å². The van der Waals surface area contributed by atoms with Gasteiger partial charge < -0.3 is 10.2 Å². The third kappa shape index (κ3) is 5.51. The number of hydrogen-bond acceptors (Lipinski definition) is 5. The Morgan fingerprint density at radius 2 is 1.81 bits per heavy atom. The van der Waals surface area contributed by atoms with Gasteiger partial charge >= 0.3 is 6.03 Å². The molecular weight excluding hydrogens is 372 g/mol. The predicted octanol–water partition coefficient (Wildman–Crippen LogP) is 0.986. The van der Waals surface area contributed by atoms with Gasteiger partial charge in [-0.15, -0.1) is 0 Å². The Morgan fingerprint density at radius 1 is 1.19 bits per heavy atom. The van der Waals surface area contributed by atoms with Gasteiger partial charge in [-0.2, -0.15) is 0 Å². The van der Waals surface area contributed by atoms with Crippen molar-refractivity contribution in [3.8, 4) is 0 Å². The van der Waals surface area contributed by atoms with E-state index in [9.17, 15) is 22.8 Å². The Morgan fingerprint density at radius 3 is 2.33 bits per heavy atom. The molecule has 27 heavy (non-hydrogen) atoms. The van der Waals surface area contributed by atoms with E-state index in [0.29, 0.717) is 12.1 Å². The van der Waals surface area contributed by atoms with E-state index in [1.54, 1.807) is 20.9 Å². The van der Waals surface area contributed by atoms with E-state index in [1.165, 1.54) is 29.2 Å². The molecule has 4 amide bonds. The van der Waals surface area contributed by atoms with Crippen LogP contribution in [0.2, 0.25) is 0 Å². The van der Waals surface area contributed by atoms with Gasteiger partial charge in [0.2, 0.25) is 21.8 Å². The van der Waals surface area contributed by atoms with Crippen molar-refractivity contribution in [1.29, 1.82) is 0 Å². The number of hydrogen-bond donors (Lipinski definition) is 2. The summed E-state index contributed by atoms with van der Waals surface area (Å²) in [6.45, 7) is 3.71. The molecule has 0 unspecified atom stereocenters. The molecule has 0 atom stereocenters. The van der Waals surface area contributed by atoms with E-state index in [-0.39, 0.29) is 48.3 Å². The summed E-state index contributed by atoms with van der Waals surface area (Å²) in [5, 5.41) is 2.66. The van der Waals surface area contributed by atoms with Crippen LogP contribution >= 0.6 is 0 Å². The van der Waals surface area contributed by atoms with E-state index >= 15 is 0 Å². The molecule has 0 saturated carbocycles. The highest BCUT2D eigenvalue weighted by Gasteiger charge is 2.32. The number of nitrogens with zero attached hydrogens (tertiary/aromatic N) is 2. The molecule has 1 fully saturated rings. The highest BCUT2D eigenvalue weighted by atomic mass is 32.2. The summed E-state index contributed by atoms with van der Waals surface area (Å²) in [6.07, 6.45) is 0.484. The lowest BCUT2D eigenvalue weighted by atomic mass is 10.2. The van der Waals surface area contributed by atoms with Gasteiger partial charge in [0.25, 0.3) is 0 Å². The molecule has 0 aliphatic carbocycles. The largest absolute Gasteiger partial charge is 0.326 e. The molecule has 0 bridgehead atoms. The van der Waals surface area contributed by atoms with Crippen LogP contribution in [0.15, 0.2) is 29.2 Å². The fourth-order valence-electron chi connectivity index (χ4n) is 2.61. The third-order valence-corrected chi connectivity index (χ3v) is 5.53. The second-order valence-corrected chi connectivity index (χ2v) is 8.35. The number of sulfonamides is 1. The molecule has 1 aliphatic heterocycles. The maximum atomic E-state index is 12.1. The first-order valence-electron chi connectivity index (χ1n) is 8.58. The number of nitrogens with one attached hydrogen (secondary N) is 2. The maximum absolute atomic E-state index is 12.1. The van der Waals surface area contributed by atoms with Gasteiger partial charge in [0, 0.05) is 31.7 Å². The molecule has 9 nitrogen and oxygen atoms in total. The molecule has 10 heteroatoms. The number of carbonyl (C=O) groups is 3.